The molecule has 0 saturated carbocycles. The smallest absolute Gasteiger partial charge is 0.241 e. The number of piperidine rings is 1. The summed E-state index contributed by atoms with van der Waals surface area (Å²) in [7, 11) is 0. The minimum absolute atomic E-state index is 0.0154. The third-order valence-corrected chi connectivity index (χ3v) is 5.10. The van der Waals surface area contributed by atoms with Crippen LogP contribution in [0.15, 0.2) is 54.6 Å². The molecule has 2 amide bonds. The van der Waals surface area contributed by atoms with Crippen molar-refractivity contribution < 1.29 is 9.59 Å². The molecule has 3 rings (SSSR count). The van der Waals surface area contributed by atoms with Crippen LogP contribution >= 0.6 is 0 Å². The average Bonchev–Trinajstić information content (AvgIpc) is 2.74. The Morgan fingerprint density at radius 1 is 1.11 bits per heavy atom. The summed E-state index contributed by atoms with van der Waals surface area (Å²) >= 11 is 0. The Bertz CT molecular complexity index is 876. The molecule has 1 aliphatic heterocycles. The van der Waals surface area contributed by atoms with E-state index in [9.17, 15) is 14.9 Å². The molecule has 2 aromatic rings. The quantitative estimate of drug-likeness (QED) is 0.839. The van der Waals surface area contributed by atoms with Gasteiger partial charge in [-0.15, -0.1) is 0 Å². The van der Waals surface area contributed by atoms with Crippen molar-refractivity contribution in [3.8, 4) is 6.07 Å². The summed E-state index contributed by atoms with van der Waals surface area (Å²) < 4.78 is 0. The van der Waals surface area contributed by atoms with Crippen LogP contribution in [0.2, 0.25) is 0 Å². The summed E-state index contributed by atoms with van der Waals surface area (Å²) in [6, 6.07) is 18.0. The molecule has 6 heteroatoms. The molecule has 1 aliphatic rings. The molecule has 1 heterocycles. The highest BCUT2D eigenvalue weighted by Crippen LogP contribution is 2.22. The zero-order chi connectivity index (χ0) is 19.9. The second-order valence-electron chi connectivity index (χ2n) is 7.01. The fourth-order valence-corrected chi connectivity index (χ4v) is 3.43. The van der Waals surface area contributed by atoms with Crippen molar-refractivity contribution in [3.63, 3.8) is 0 Å². The van der Waals surface area contributed by atoms with E-state index in [2.05, 4.69) is 16.7 Å². The number of para-hydroxylation sites is 2. The number of benzene rings is 2. The molecule has 1 fully saturated rings. The lowest BCUT2D eigenvalue weighted by Gasteiger charge is -2.35. The minimum Gasteiger partial charge on any atom is -0.326 e. The molecule has 6 nitrogen and oxygen atoms in total. The Labute approximate surface area is 165 Å². The predicted octanol–water partition coefficient (Wildman–Crippen LogP) is 3.24. The molecule has 1 saturated heterocycles. The van der Waals surface area contributed by atoms with E-state index in [4.69, 9.17) is 0 Å². The number of carbonyl (C=O) groups is 2. The first-order valence-electron chi connectivity index (χ1n) is 9.48. The third kappa shape index (κ3) is 4.76. The molecule has 2 aromatic carbocycles. The normalized spacial score (nSPS) is 17.9. The summed E-state index contributed by atoms with van der Waals surface area (Å²) in [4.78, 5) is 27.3. The maximum absolute atomic E-state index is 12.7. The van der Waals surface area contributed by atoms with Crippen molar-refractivity contribution in [2.45, 2.75) is 25.8 Å². The van der Waals surface area contributed by atoms with Crippen LogP contribution in [-0.2, 0) is 9.59 Å². The van der Waals surface area contributed by atoms with Crippen LogP contribution in [0, 0.1) is 17.2 Å². The number of likely N-dealkylation sites (tertiary alicyclic amines) is 1. The van der Waals surface area contributed by atoms with Crippen LogP contribution < -0.4 is 10.6 Å². The lowest BCUT2D eigenvalue weighted by molar-refractivity contribution is -0.125. The van der Waals surface area contributed by atoms with Gasteiger partial charge in [0.2, 0.25) is 11.8 Å². The highest BCUT2D eigenvalue weighted by molar-refractivity contribution is 5.96. The van der Waals surface area contributed by atoms with E-state index >= 15 is 0 Å². The van der Waals surface area contributed by atoms with Gasteiger partial charge in [0.25, 0.3) is 0 Å². The van der Waals surface area contributed by atoms with Crippen molar-refractivity contribution in [1.82, 2.24) is 4.90 Å². The van der Waals surface area contributed by atoms with Gasteiger partial charge in [-0.25, -0.2) is 0 Å². The van der Waals surface area contributed by atoms with E-state index in [0.29, 0.717) is 17.8 Å². The summed E-state index contributed by atoms with van der Waals surface area (Å²) in [6.45, 7) is 3.14. The van der Waals surface area contributed by atoms with E-state index < -0.39 is 0 Å². The van der Waals surface area contributed by atoms with Crippen molar-refractivity contribution in [2.75, 3.05) is 23.7 Å². The monoisotopic (exact) mass is 376 g/mol. The lowest BCUT2D eigenvalue weighted by Crippen LogP contribution is -2.49. The SMILES string of the molecule is C[C@H](C(=O)Nc1ccccc1C#N)N1CCC[C@@H](C(=O)Nc2ccccc2)C1. The maximum Gasteiger partial charge on any atom is 0.241 e. The molecule has 28 heavy (non-hydrogen) atoms. The van der Waals surface area contributed by atoms with E-state index in [1.165, 1.54) is 0 Å². The highest BCUT2D eigenvalue weighted by Gasteiger charge is 2.31. The number of nitriles is 1. The van der Waals surface area contributed by atoms with Gasteiger partial charge in [-0.1, -0.05) is 30.3 Å². The molecule has 0 unspecified atom stereocenters. The van der Waals surface area contributed by atoms with Gasteiger partial charge >= 0.3 is 0 Å². The number of nitrogens with zero attached hydrogens (tertiary/aromatic N) is 2. The number of rotatable bonds is 5. The van der Waals surface area contributed by atoms with Crippen LogP contribution in [0.4, 0.5) is 11.4 Å². The lowest BCUT2D eigenvalue weighted by atomic mass is 9.95. The Kier molecular flexibility index (Phi) is 6.41. The summed E-state index contributed by atoms with van der Waals surface area (Å²) in [5.74, 6) is -0.347. The van der Waals surface area contributed by atoms with Crippen molar-refractivity contribution in [1.29, 1.82) is 5.26 Å². The maximum atomic E-state index is 12.7. The highest BCUT2D eigenvalue weighted by atomic mass is 16.2. The van der Waals surface area contributed by atoms with Gasteiger partial charge in [-0.05, 0) is 50.6 Å². The fraction of sp³-hybridized carbons (Fsp3) is 0.318. The van der Waals surface area contributed by atoms with Crippen LogP contribution in [0.25, 0.3) is 0 Å². The zero-order valence-electron chi connectivity index (χ0n) is 15.9. The number of anilines is 2. The van der Waals surface area contributed by atoms with E-state index in [-0.39, 0.29) is 23.8 Å². The zero-order valence-corrected chi connectivity index (χ0v) is 15.9. The molecular formula is C22H24N4O2. The van der Waals surface area contributed by atoms with Gasteiger partial charge in [0.1, 0.15) is 6.07 Å². The largest absolute Gasteiger partial charge is 0.326 e. The van der Waals surface area contributed by atoms with Gasteiger partial charge in [0.05, 0.1) is 23.2 Å². The van der Waals surface area contributed by atoms with Crippen molar-refractivity contribution in [2.24, 2.45) is 5.92 Å². The van der Waals surface area contributed by atoms with Crippen LogP contribution in [0.5, 0.6) is 0 Å². The second-order valence-corrected chi connectivity index (χ2v) is 7.01. The van der Waals surface area contributed by atoms with Gasteiger partial charge < -0.3 is 10.6 Å². The standard InChI is InChI=1S/C22H24N4O2/c1-16(21(27)25-20-12-6-5-8-17(20)14-23)26-13-7-9-18(15-26)22(28)24-19-10-3-2-4-11-19/h2-6,8,10-12,16,18H,7,9,13,15H2,1H3,(H,24,28)(H,25,27)/t16-,18-/m1/s1. The molecular weight excluding hydrogens is 352 g/mol. The van der Waals surface area contributed by atoms with Gasteiger partial charge in [-0.3, -0.25) is 14.5 Å². The van der Waals surface area contributed by atoms with E-state index in [0.717, 1.165) is 25.1 Å². The number of amides is 2. The van der Waals surface area contributed by atoms with E-state index in [1.807, 2.05) is 42.2 Å². The second kappa shape index (κ2) is 9.16. The molecule has 0 aromatic heterocycles. The van der Waals surface area contributed by atoms with Crippen LogP contribution in [-0.4, -0.2) is 35.8 Å². The van der Waals surface area contributed by atoms with Gasteiger partial charge in [0, 0.05) is 12.2 Å². The Morgan fingerprint density at radius 2 is 1.82 bits per heavy atom. The number of carbonyl (C=O) groups excluding carboxylic acids is 2. The van der Waals surface area contributed by atoms with Crippen molar-refractivity contribution in [3.05, 3.63) is 60.2 Å². The first kappa shape index (κ1) is 19.6. The Balaban J connectivity index is 1.60. The molecule has 2 N–H and O–H groups in total. The molecule has 144 valence electrons. The minimum atomic E-state index is -0.390. The molecule has 2 atom stereocenters. The molecule has 0 radical (unpaired) electrons. The predicted molar refractivity (Wildman–Crippen MR) is 109 cm³/mol. The number of nitrogens with one attached hydrogen (secondary N) is 2. The number of hydrogen-bond donors (Lipinski definition) is 2. The Morgan fingerprint density at radius 3 is 2.57 bits per heavy atom. The van der Waals surface area contributed by atoms with Crippen LogP contribution in [0.3, 0.4) is 0 Å². The summed E-state index contributed by atoms with van der Waals surface area (Å²) in [5.41, 5.74) is 1.72. The first-order chi connectivity index (χ1) is 13.6. The topological polar surface area (TPSA) is 85.2 Å². The fourth-order valence-electron chi connectivity index (χ4n) is 3.43. The van der Waals surface area contributed by atoms with Gasteiger partial charge in [-0.2, -0.15) is 5.26 Å². The average molecular weight is 376 g/mol. The Hall–Kier alpha value is -3.17. The molecule has 0 bridgehead atoms. The van der Waals surface area contributed by atoms with Crippen LogP contribution in [0.1, 0.15) is 25.3 Å². The molecule has 0 spiro atoms. The first-order valence-corrected chi connectivity index (χ1v) is 9.48. The summed E-state index contributed by atoms with van der Waals surface area (Å²) in [5, 5.41) is 15.0. The van der Waals surface area contributed by atoms with Gasteiger partial charge in [0.15, 0.2) is 0 Å². The summed E-state index contributed by atoms with van der Waals surface area (Å²) in [6.07, 6.45) is 1.67. The molecule has 0 aliphatic carbocycles. The third-order valence-electron chi connectivity index (χ3n) is 5.10. The van der Waals surface area contributed by atoms with E-state index in [1.54, 1.807) is 24.3 Å². The number of hydrogen-bond acceptors (Lipinski definition) is 4. The van der Waals surface area contributed by atoms with Crippen molar-refractivity contribution >= 4 is 23.2 Å².